The van der Waals surface area contributed by atoms with Gasteiger partial charge in [0.2, 0.25) is 0 Å². The molecule has 0 saturated carbocycles. The summed E-state index contributed by atoms with van der Waals surface area (Å²) in [6.07, 6.45) is 1.50. The van der Waals surface area contributed by atoms with E-state index in [0.717, 1.165) is 0 Å². The van der Waals surface area contributed by atoms with Gasteiger partial charge in [-0.25, -0.2) is 8.78 Å². The van der Waals surface area contributed by atoms with Gasteiger partial charge in [-0.2, -0.15) is 0 Å². The number of aromatic nitrogens is 3. The van der Waals surface area contributed by atoms with E-state index in [4.69, 9.17) is 0 Å². The van der Waals surface area contributed by atoms with Crippen LogP contribution in [0.3, 0.4) is 0 Å². The van der Waals surface area contributed by atoms with Gasteiger partial charge in [-0.15, -0.1) is 10.2 Å². The van der Waals surface area contributed by atoms with Gasteiger partial charge >= 0.3 is 0 Å². The molecule has 1 aromatic carbocycles. The third kappa shape index (κ3) is 2.25. The third-order valence-electron chi connectivity index (χ3n) is 2.69. The van der Waals surface area contributed by atoms with Gasteiger partial charge in [0.05, 0.1) is 5.56 Å². The fourth-order valence-electron chi connectivity index (χ4n) is 1.84. The van der Waals surface area contributed by atoms with Gasteiger partial charge in [0.15, 0.2) is 5.82 Å². The quantitative estimate of drug-likeness (QED) is 0.838. The van der Waals surface area contributed by atoms with Gasteiger partial charge < -0.3 is 4.57 Å². The van der Waals surface area contributed by atoms with Crippen LogP contribution in [0.2, 0.25) is 0 Å². The van der Waals surface area contributed by atoms with E-state index in [2.05, 4.69) is 10.2 Å². The summed E-state index contributed by atoms with van der Waals surface area (Å²) in [6.45, 7) is 6.26. The van der Waals surface area contributed by atoms with Crippen LogP contribution in [-0.2, 0) is 6.54 Å². The molecule has 0 aliphatic rings. The molecule has 1 aromatic heterocycles. The van der Waals surface area contributed by atoms with Crippen molar-refractivity contribution in [3.05, 3.63) is 35.7 Å². The molecule has 0 radical (unpaired) electrons. The summed E-state index contributed by atoms with van der Waals surface area (Å²) < 4.78 is 29.5. The average Bonchev–Trinajstić information content (AvgIpc) is 2.72. The van der Waals surface area contributed by atoms with Crippen LogP contribution in [0.15, 0.2) is 18.5 Å². The SMILES string of the molecule is Cc1ccc(F)c(-c2nncn2CC(C)C)c1F. The molecule has 5 heteroatoms. The standard InChI is InChI=1S/C13H15F2N3/c1-8(2)6-18-7-16-17-13(18)11-10(14)5-4-9(3)12(11)15/h4-5,7-8H,6H2,1-3H3. The Morgan fingerprint density at radius 2 is 2.00 bits per heavy atom. The highest BCUT2D eigenvalue weighted by atomic mass is 19.1. The second-order valence-corrected chi connectivity index (χ2v) is 4.75. The van der Waals surface area contributed by atoms with Crippen molar-refractivity contribution >= 4 is 0 Å². The van der Waals surface area contributed by atoms with Crippen molar-refractivity contribution in [3.63, 3.8) is 0 Å². The highest BCUT2D eigenvalue weighted by Gasteiger charge is 2.19. The largest absolute Gasteiger partial charge is 0.313 e. The van der Waals surface area contributed by atoms with Gasteiger partial charge in [-0.05, 0) is 24.5 Å². The summed E-state index contributed by atoms with van der Waals surface area (Å²) in [4.78, 5) is 0. The topological polar surface area (TPSA) is 30.7 Å². The molecular weight excluding hydrogens is 236 g/mol. The van der Waals surface area contributed by atoms with E-state index in [1.165, 1.54) is 18.5 Å². The van der Waals surface area contributed by atoms with E-state index in [1.54, 1.807) is 11.5 Å². The fraction of sp³-hybridized carbons (Fsp3) is 0.385. The Kier molecular flexibility index (Phi) is 3.41. The first-order chi connectivity index (χ1) is 8.50. The van der Waals surface area contributed by atoms with Crippen LogP contribution in [0.5, 0.6) is 0 Å². The molecule has 2 rings (SSSR count). The molecule has 0 atom stereocenters. The lowest BCUT2D eigenvalue weighted by Gasteiger charge is -2.11. The van der Waals surface area contributed by atoms with Crippen molar-refractivity contribution < 1.29 is 8.78 Å². The van der Waals surface area contributed by atoms with Crippen LogP contribution in [0.1, 0.15) is 19.4 Å². The zero-order valence-corrected chi connectivity index (χ0v) is 10.6. The summed E-state index contributed by atoms with van der Waals surface area (Å²) >= 11 is 0. The Morgan fingerprint density at radius 1 is 1.28 bits per heavy atom. The molecule has 0 aliphatic carbocycles. The van der Waals surface area contributed by atoms with E-state index in [9.17, 15) is 8.78 Å². The van der Waals surface area contributed by atoms with Crippen LogP contribution in [0, 0.1) is 24.5 Å². The first-order valence-corrected chi connectivity index (χ1v) is 5.83. The molecule has 1 heterocycles. The van der Waals surface area contributed by atoms with E-state index >= 15 is 0 Å². The first-order valence-electron chi connectivity index (χ1n) is 5.83. The minimum atomic E-state index is -0.615. The Balaban J connectivity index is 2.56. The van der Waals surface area contributed by atoms with Crippen molar-refractivity contribution in [2.24, 2.45) is 5.92 Å². The minimum absolute atomic E-state index is 0.104. The second kappa shape index (κ2) is 4.84. The van der Waals surface area contributed by atoms with E-state index in [-0.39, 0.29) is 11.4 Å². The highest BCUT2D eigenvalue weighted by Crippen LogP contribution is 2.26. The Hall–Kier alpha value is -1.78. The molecular formula is C13H15F2N3. The monoisotopic (exact) mass is 251 g/mol. The third-order valence-corrected chi connectivity index (χ3v) is 2.69. The summed E-state index contributed by atoms with van der Waals surface area (Å²) in [5, 5.41) is 7.58. The van der Waals surface area contributed by atoms with E-state index in [1.807, 2.05) is 13.8 Å². The van der Waals surface area contributed by atoms with E-state index < -0.39 is 11.6 Å². The molecule has 2 aromatic rings. The molecule has 0 amide bonds. The molecule has 0 fully saturated rings. The van der Waals surface area contributed by atoms with Crippen molar-refractivity contribution in [2.75, 3.05) is 0 Å². The van der Waals surface area contributed by atoms with Gasteiger partial charge in [-0.3, -0.25) is 0 Å². The molecule has 0 spiro atoms. The number of nitrogens with zero attached hydrogens (tertiary/aromatic N) is 3. The van der Waals surface area contributed by atoms with Crippen LogP contribution in [0.25, 0.3) is 11.4 Å². The molecule has 0 bridgehead atoms. The predicted molar refractivity (Wildman–Crippen MR) is 64.9 cm³/mol. The number of hydrogen-bond donors (Lipinski definition) is 0. The molecule has 0 aliphatic heterocycles. The van der Waals surface area contributed by atoms with Crippen LogP contribution in [-0.4, -0.2) is 14.8 Å². The average molecular weight is 251 g/mol. The second-order valence-electron chi connectivity index (χ2n) is 4.75. The van der Waals surface area contributed by atoms with Gasteiger partial charge in [0, 0.05) is 6.54 Å². The maximum Gasteiger partial charge on any atom is 0.169 e. The lowest BCUT2D eigenvalue weighted by molar-refractivity contribution is 0.520. The summed E-state index contributed by atoms with van der Waals surface area (Å²) in [6, 6.07) is 2.67. The number of aryl methyl sites for hydroxylation is 1. The van der Waals surface area contributed by atoms with Crippen LogP contribution >= 0.6 is 0 Å². The fourth-order valence-corrected chi connectivity index (χ4v) is 1.84. The Morgan fingerprint density at radius 3 is 2.67 bits per heavy atom. The number of benzene rings is 1. The normalized spacial score (nSPS) is 11.2. The molecule has 3 nitrogen and oxygen atoms in total. The molecule has 96 valence electrons. The van der Waals surface area contributed by atoms with E-state index in [0.29, 0.717) is 18.0 Å². The van der Waals surface area contributed by atoms with Gasteiger partial charge in [0.1, 0.15) is 18.0 Å². The smallest absolute Gasteiger partial charge is 0.169 e. The number of hydrogen-bond acceptors (Lipinski definition) is 2. The van der Waals surface area contributed by atoms with Crippen LogP contribution in [0.4, 0.5) is 8.78 Å². The molecule has 0 N–H and O–H groups in total. The Labute approximate surface area is 104 Å². The van der Waals surface area contributed by atoms with Gasteiger partial charge in [-0.1, -0.05) is 19.9 Å². The molecule has 0 unspecified atom stereocenters. The number of halogens is 2. The maximum absolute atomic E-state index is 14.0. The van der Waals surface area contributed by atoms with Crippen LogP contribution < -0.4 is 0 Å². The minimum Gasteiger partial charge on any atom is -0.313 e. The zero-order valence-electron chi connectivity index (χ0n) is 10.6. The van der Waals surface area contributed by atoms with Crippen molar-refractivity contribution in [1.82, 2.24) is 14.8 Å². The lowest BCUT2D eigenvalue weighted by Crippen LogP contribution is -2.07. The number of rotatable bonds is 3. The first kappa shape index (κ1) is 12.7. The van der Waals surface area contributed by atoms with Crippen molar-refractivity contribution in [3.8, 4) is 11.4 Å². The summed E-state index contributed by atoms with van der Waals surface area (Å²) in [7, 11) is 0. The zero-order chi connectivity index (χ0) is 13.3. The van der Waals surface area contributed by atoms with Gasteiger partial charge in [0.25, 0.3) is 0 Å². The lowest BCUT2D eigenvalue weighted by atomic mass is 10.1. The van der Waals surface area contributed by atoms with Crippen molar-refractivity contribution in [2.45, 2.75) is 27.3 Å². The molecule has 0 saturated heterocycles. The summed E-state index contributed by atoms with van der Waals surface area (Å²) in [5.41, 5.74) is 0.290. The van der Waals surface area contributed by atoms with Crippen molar-refractivity contribution in [1.29, 1.82) is 0 Å². The Bertz CT molecular complexity index is 561. The summed E-state index contributed by atoms with van der Waals surface area (Å²) in [5.74, 6) is -0.609. The maximum atomic E-state index is 14.0. The predicted octanol–water partition coefficient (Wildman–Crippen LogP) is 3.19. The molecule has 18 heavy (non-hydrogen) atoms. The highest BCUT2D eigenvalue weighted by molar-refractivity contribution is 5.58.